The third kappa shape index (κ3) is 4.79. The molecule has 0 aromatic rings. The molecule has 0 heterocycles. The molecule has 0 radical (unpaired) electrons. The van der Waals surface area contributed by atoms with Gasteiger partial charge in [0.2, 0.25) is 0 Å². The van der Waals surface area contributed by atoms with Gasteiger partial charge in [0.15, 0.2) is 0 Å². The molecule has 1 N–H and O–H groups in total. The van der Waals surface area contributed by atoms with Crippen molar-refractivity contribution >= 4 is 0 Å². The van der Waals surface area contributed by atoms with Gasteiger partial charge in [-0.2, -0.15) is 0 Å². The molecule has 0 aromatic heterocycles. The first-order valence-electron chi connectivity index (χ1n) is 4.03. The van der Waals surface area contributed by atoms with E-state index < -0.39 is 0 Å². The number of hydrogen-bond acceptors (Lipinski definition) is 1. The van der Waals surface area contributed by atoms with Crippen molar-refractivity contribution in [1.82, 2.24) is 5.32 Å². The zero-order valence-corrected chi connectivity index (χ0v) is 8.28. The van der Waals surface area contributed by atoms with Crippen molar-refractivity contribution in [2.75, 3.05) is 13.6 Å². The Hall–Kier alpha value is -0.560. The molecule has 0 bridgehead atoms. The summed E-state index contributed by atoms with van der Waals surface area (Å²) in [6, 6.07) is 0. The molecule has 0 aromatic carbocycles. The van der Waals surface area contributed by atoms with Gasteiger partial charge in [-0.3, -0.25) is 0 Å². The lowest BCUT2D eigenvalue weighted by molar-refractivity contribution is 0.878. The second kappa shape index (κ2) is 5.14. The molecule has 11 heavy (non-hydrogen) atoms. The Morgan fingerprint density at radius 1 is 1.18 bits per heavy atom. The van der Waals surface area contributed by atoms with Crippen LogP contribution in [0.15, 0.2) is 22.8 Å². The molecule has 0 aliphatic rings. The molecule has 0 aliphatic heterocycles. The Labute approximate surface area is 70.2 Å². The summed E-state index contributed by atoms with van der Waals surface area (Å²) >= 11 is 0. The second-order valence-electron chi connectivity index (χ2n) is 3.20. The standard InChI is InChI=1S/C10H19N/c1-8(2)10(4)6-9(3)7-11-5/h6,11H,7H2,1-5H3/b9-6+. The van der Waals surface area contributed by atoms with E-state index in [9.17, 15) is 0 Å². The molecular weight excluding hydrogens is 134 g/mol. The monoisotopic (exact) mass is 153 g/mol. The van der Waals surface area contributed by atoms with E-state index >= 15 is 0 Å². The minimum absolute atomic E-state index is 0.977. The lowest BCUT2D eigenvalue weighted by Crippen LogP contribution is -2.08. The summed E-state index contributed by atoms with van der Waals surface area (Å²) in [5.41, 5.74) is 4.14. The summed E-state index contributed by atoms with van der Waals surface area (Å²) in [7, 11) is 1.97. The normalized spacial score (nSPS) is 11.5. The van der Waals surface area contributed by atoms with E-state index in [1.807, 2.05) is 7.05 Å². The van der Waals surface area contributed by atoms with Gasteiger partial charge >= 0.3 is 0 Å². The van der Waals surface area contributed by atoms with Crippen LogP contribution in [0.2, 0.25) is 0 Å². The number of likely N-dealkylation sites (N-methyl/N-ethyl adjacent to an activating group) is 1. The fraction of sp³-hybridized carbons (Fsp3) is 0.600. The summed E-state index contributed by atoms with van der Waals surface area (Å²) in [5.74, 6) is 0. The lowest BCUT2D eigenvalue weighted by Gasteiger charge is -2.01. The Bertz CT molecular complexity index is 171. The molecule has 0 fully saturated rings. The molecular formula is C10H19N. The van der Waals surface area contributed by atoms with Crippen molar-refractivity contribution in [1.29, 1.82) is 0 Å². The summed E-state index contributed by atoms with van der Waals surface area (Å²) in [5, 5.41) is 3.12. The zero-order valence-electron chi connectivity index (χ0n) is 8.28. The summed E-state index contributed by atoms with van der Waals surface area (Å²) in [6.45, 7) is 9.54. The number of allylic oxidation sites excluding steroid dienone is 3. The zero-order chi connectivity index (χ0) is 8.85. The predicted molar refractivity (Wildman–Crippen MR) is 51.7 cm³/mol. The molecule has 0 atom stereocenters. The van der Waals surface area contributed by atoms with Crippen LogP contribution in [0.3, 0.4) is 0 Å². The van der Waals surface area contributed by atoms with Crippen molar-refractivity contribution < 1.29 is 0 Å². The third-order valence-electron chi connectivity index (χ3n) is 1.71. The Morgan fingerprint density at radius 2 is 1.73 bits per heavy atom. The van der Waals surface area contributed by atoms with Crippen molar-refractivity contribution in [3.63, 3.8) is 0 Å². The highest BCUT2D eigenvalue weighted by Crippen LogP contribution is 2.06. The van der Waals surface area contributed by atoms with Gasteiger partial charge in [0.25, 0.3) is 0 Å². The maximum absolute atomic E-state index is 3.12. The van der Waals surface area contributed by atoms with Gasteiger partial charge in [0, 0.05) is 6.54 Å². The van der Waals surface area contributed by atoms with E-state index in [2.05, 4.69) is 39.1 Å². The minimum Gasteiger partial charge on any atom is -0.316 e. The van der Waals surface area contributed by atoms with E-state index in [0.29, 0.717) is 0 Å². The molecule has 0 saturated carbocycles. The molecule has 0 rings (SSSR count). The minimum atomic E-state index is 0.977. The summed E-state index contributed by atoms with van der Waals surface area (Å²) in [6.07, 6.45) is 2.23. The number of nitrogens with one attached hydrogen (secondary N) is 1. The highest BCUT2D eigenvalue weighted by molar-refractivity contribution is 5.24. The first kappa shape index (κ1) is 10.4. The first-order chi connectivity index (χ1) is 5.07. The van der Waals surface area contributed by atoms with Gasteiger partial charge in [-0.15, -0.1) is 0 Å². The number of rotatable bonds is 3. The van der Waals surface area contributed by atoms with Gasteiger partial charge in [0.1, 0.15) is 0 Å². The van der Waals surface area contributed by atoms with E-state index in [0.717, 1.165) is 6.54 Å². The van der Waals surface area contributed by atoms with Crippen molar-refractivity contribution in [3.05, 3.63) is 22.8 Å². The quantitative estimate of drug-likeness (QED) is 0.614. The van der Waals surface area contributed by atoms with Crippen molar-refractivity contribution in [2.24, 2.45) is 0 Å². The van der Waals surface area contributed by atoms with Crippen LogP contribution >= 0.6 is 0 Å². The van der Waals surface area contributed by atoms with Crippen molar-refractivity contribution in [3.8, 4) is 0 Å². The average molecular weight is 153 g/mol. The molecule has 1 heteroatoms. The van der Waals surface area contributed by atoms with Gasteiger partial charge in [0.05, 0.1) is 0 Å². The molecule has 0 aliphatic carbocycles. The van der Waals surface area contributed by atoms with Crippen LogP contribution in [0.5, 0.6) is 0 Å². The van der Waals surface area contributed by atoms with Crippen LogP contribution in [0, 0.1) is 0 Å². The van der Waals surface area contributed by atoms with Gasteiger partial charge < -0.3 is 5.32 Å². The maximum Gasteiger partial charge on any atom is 0.0162 e. The Morgan fingerprint density at radius 3 is 2.09 bits per heavy atom. The molecule has 0 saturated heterocycles. The van der Waals surface area contributed by atoms with Crippen LogP contribution in [-0.2, 0) is 0 Å². The van der Waals surface area contributed by atoms with E-state index in [1.54, 1.807) is 0 Å². The Balaban J connectivity index is 4.19. The molecule has 1 nitrogen and oxygen atoms in total. The average Bonchev–Trinajstić information content (AvgIpc) is 1.87. The van der Waals surface area contributed by atoms with Crippen LogP contribution in [-0.4, -0.2) is 13.6 Å². The fourth-order valence-corrected chi connectivity index (χ4v) is 0.844. The van der Waals surface area contributed by atoms with E-state index in [-0.39, 0.29) is 0 Å². The van der Waals surface area contributed by atoms with Crippen LogP contribution in [0.25, 0.3) is 0 Å². The van der Waals surface area contributed by atoms with Gasteiger partial charge in [-0.1, -0.05) is 22.8 Å². The van der Waals surface area contributed by atoms with E-state index in [4.69, 9.17) is 0 Å². The van der Waals surface area contributed by atoms with Gasteiger partial charge in [-0.25, -0.2) is 0 Å². The van der Waals surface area contributed by atoms with Crippen LogP contribution in [0.1, 0.15) is 27.7 Å². The largest absolute Gasteiger partial charge is 0.316 e. The summed E-state index contributed by atoms with van der Waals surface area (Å²) in [4.78, 5) is 0. The highest BCUT2D eigenvalue weighted by atomic mass is 14.8. The number of hydrogen-bond donors (Lipinski definition) is 1. The Kier molecular flexibility index (Phi) is 4.88. The SMILES string of the molecule is CNC/C(C)=C/C(C)=C(C)C. The molecule has 64 valence electrons. The molecule has 0 spiro atoms. The van der Waals surface area contributed by atoms with Crippen LogP contribution in [0.4, 0.5) is 0 Å². The highest BCUT2D eigenvalue weighted by Gasteiger charge is 1.89. The first-order valence-corrected chi connectivity index (χ1v) is 4.03. The second-order valence-corrected chi connectivity index (χ2v) is 3.20. The fourth-order valence-electron chi connectivity index (χ4n) is 0.844. The topological polar surface area (TPSA) is 12.0 Å². The van der Waals surface area contributed by atoms with Crippen LogP contribution < -0.4 is 5.32 Å². The summed E-state index contributed by atoms with van der Waals surface area (Å²) < 4.78 is 0. The predicted octanol–water partition coefficient (Wildman–Crippen LogP) is 2.51. The maximum atomic E-state index is 3.12. The van der Waals surface area contributed by atoms with Gasteiger partial charge in [-0.05, 0) is 34.7 Å². The van der Waals surface area contributed by atoms with Crippen molar-refractivity contribution in [2.45, 2.75) is 27.7 Å². The molecule has 0 amide bonds. The van der Waals surface area contributed by atoms with E-state index in [1.165, 1.54) is 16.7 Å². The smallest absolute Gasteiger partial charge is 0.0162 e. The lowest BCUT2D eigenvalue weighted by atomic mass is 10.1. The molecule has 0 unspecified atom stereocenters. The third-order valence-corrected chi connectivity index (χ3v) is 1.71.